The van der Waals surface area contributed by atoms with Crippen LogP contribution < -0.4 is 5.32 Å². The third-order valence-electron chi connectivity index (χ3n) is 2.61. The molecule has 2 aromatic rings. The number of hydrogen-bond acceptors (Lipinski definition) is 3. The number of nitrogens with one attached hydrogen (secondary N) is 1. The van der Waals surface area contributed by atoms with Crippen molar-refractivity contribution < 1.29 is 0 Å². The van der Waals surface area contributed by atoms with E-state index >= 15 is 0 Å². The maximum absolute atomic E-state index is 6.13. The first-order valence-corrected chi connectivity index (χ1v) is 5.87. The molecule has 1 aromatic heterocycles. The van der Waals surface area contributed by atoms with Crippen molar-refractivity contribution in [3.8, 4) is 0 Å². The summed E-state index contributed by atoms with van der Waals surface area (Å²) < 4.78 is 1.69. The molecule has 5 heteroatoms. The molecule has 1 atom stereocenters. The Labute approximate surface area is 106 Å². The predicted molar refractivity (Wildman–Crippen MR) is 67.7 cm³/mol. The minimum atomic E-state index is 0.186. The van der Waals surface area contributed by atoms with Crippen LogP contribution in [0.25, 0.3) is 0 Å². The van der Waals surface area contributed by atoms with Crippen molar-refractivity contribution in [3.63, 3.8) is 0 Å². The van der Waals surface area contributed by atoms with Gasteiger partial charge in [0.15, 0.2) is 0 Å². The van der Waals surface area contributed by atoms with Crippen molar-refractivity contribution in [2.45, 2.75) is 19.5 Å². The Morgan fingerprint density at radius 1 is 1.41 bits per heavy atom. The Morgan fingerprint density at radius 3 is 2.82 bits per heavy atom. The lowest BCUT2D eigenvalue weighted by atomic mass is 10.1. The van der Waals surface area contributed by atoms with Crippen LogP contribution in [0.2, 0.25) is 5.02 Å². The SMILES string of the molecule is C[C@@H](NCc1cn(C)nn1)c1ccccc1Cl. The lowest BCUT2D eigenvalue weighted by Crippen LogP contribution is -2.18. The van der Waals surface area contributed by atoms with Gasteiger partial charge < -0.3 is 5.32 Å². The van der Waals surface area contributed by atoms with Crippen LogP contribution in [0.5, 0.6) is 0 Å². The molecule has 2 rings (SSSR count). The lowest BCUT2D eigenvalue weighted by molar-refractivity contribution is 0.567. The first-order valence-electron chi connectivity index (χ1n) is 5.50. The van der Waals surface area contributed by atoms with Crippen LogP contribution in [0.1, 0.15) is 24.2 Å². The van der Waals surface area contributed by atoms with Crippen LogP contribution in [-0.4, -0.2) is 15.0 Å². The summed E-state index contributed by atoms with van der Waals surface area (Å²) in [5, 5.41) is 12.1. The Morgan fingerprint density at radius 2 is 2.18 bits per heavy atom. The maximum Gasteiger partial charge on any atom is 0.0964 e. The van der Waals surface area contributed by atoms with E-state index < -0.39 is 0 Å². The smallest absolute Gasteiger partial charge is 0.0964 e. The van der Waals surface area contributed by atoms with Gasteiger partial charge in [0.2, 0.25) is 0 Å². The van der Waals surface area contributed by atoms with Crippen LogP contribution in [0, 0.1) is 0 Å². The van der Waals surface area contributed by atoms with Crippen molar-refractivity contribution >= 4 is 11.6 Å². The molecule has 0 unspecified atom stereocenters. The van der Waals surface area contributed by atoms with Gasteiger partial charge in [-0.2, -0.15) is 0 Å². The van der Waals surface area contributed by atoms with Gasteiger partial charge >= 0.3 is 0 Å². The maximum atomic E-state index is 6.13. The van der Waals surface area contributed by atoms with E-state index in [0.29, 0.717) is 6.54 Å². The first-order chi connectivity index (χ1) is 8.16. The number of hydrogen-bond donors (Lipinski definition) is 1. The van der Waals surface area contributed by atoms with E-state index in [1.807, 2.05) is 37.5 Å². The summed E-state index contributed by atoms with van der Waals surface area (Å²) in [6, 6.07) is 8.03. The molecule has 1 aromatic carbocycles. The van der Waals surface area contributed by atoms with E-state index in [1.54, 1.807) is 4.68 Å². The average Bonchev–Trinajstić information content (AvgIpc) is 2.73. The van der Waals surface area contributed by atoms with Gasteiger partial charge in [-0.15, -0.1) is 5.10 Å². The predicted octanol–water partition coefficient (Wildman–Crippen LogP) is 2.32. The van der Waals surface area contributed by atoms with Gasteiger partial charge in [0, 0.05) is 30.9 Å². The summed E-state index contributed by atoms with van der Waals surface area (Å²) in [7, 11) is 1.86. The Kier molecular flexibility index (Phi) is 3.76. The Bertz CT molecular complexity index is 495. The highest BCUT2D eigenvalue weighted by Crippen LogP contribution is 2.22. The molecular formula is C12H15ClN4. The zero-order chi connectivity index (χ0) is 12.3. The third kappa shape index (κ3) is 3.05. The number of rotatable bonds is 4. The van der Waals surface area contributed by atoms with E-state index in [-0.39, 0.29) is 6.04 Å². The van der Waals surface area contributed by atoms with Gasteiger partial charge in [0.1, 0.15) is 0 Å². The van der Waals surface area contributed by atoms with Crippen molar-refractivity contribution in [2.24, 2.45) is 7.05 Å². The first kappa shape index (κ1) is 12.1. The van der Waals surface area contributed by atoms with Crippen LogP contribution in [-0.2, 0) is 13.6 Å². The number of nitrogens with zero attached hydrogens (tertiary/aromatic N) is 3. The molecule has 0 amide bonds. The average molecular weight is 251 g/mol. The minimum absolute atomic E-state index is 0.186. The molecule has 0 aliphatic heterocycles. The number of aromatic nitrogens is 3. The lowest BCUT2D eigenvalue weighted by Gasteiger charge is -2.14. The topological polar surface area (TPSA) is 42.7 Å². The van der Waals surface area contributed by atoms with Gasteiger partial charge in [-0.05, 0) is 18.6 Å². The van der Waals surface area contributed by atoms with E-state index in [2.05, 4.69) is 22.6 Å². The zero-order valence-electron chi connectivity index (χ0n) is 9.89. The fourth-order valence-corrected chi connectivity index (χ4v) is 1.97. The number of halogens is 1. The summed E-state index contributed by atoms with van der Waals surface area (Å²) >= 11 is 6.13. The third-order valence-corrected chi connectivity index (χ3v) is 2.96. The van der Waals surface area contributed by atoms with Crippen molar-refractivity contribution in [2.75, 3.05) is 0 Å². The van der Waals surface area contributed by atoms with Gasteiger partial charge in [-0.25, -0.2) is 0 Å². The molecule has 0 spiro atoms. The number of benzene rings is 1. The van der Waals surface area contributed by atoms with Gasteiger partial charge in [-0.3, -0.25) is 4.68 Å². The second kappa shape index (κ2) is 5.29. The summed E-state index contributed by atoms with van der Waals surface area (Å²) in [6.07, 6.45) is 1.90. The van der Waals surface area contributed by atoms with Crippen molar-refractivity contribution in [3.05, 3.63) is 46.7 Å². The Balaban J connectivity index is 1.98. The quantitative estimate of drug-likeness (QED) is 0.906. The van der Waals surface area contributed by atoms with Crippen molar-refractivity contribution in [1.29, 1.82) is 0 Å². The van der Waals surface area contributed by atoms with Crippen LogP contribution in [0.3, 0.4) is 0 Å². The molecule has 17 heavy (non-hydrogen) atoms. The van der Waals surface area contributed by atoms with Gasteiger partial charge in [0.25, 0.3) is 0 Å². The molecule has 1 heterocycles. The van der Waals surface area contributed by atoms with E-state index in [9.17, 15) is 0 Å². The summed E-state index contributed by atoms with van der Waals surface area (Å²) in [5.41, 5.74) is 2.02. The summed E-state index contributed by atoms with van der Waals surface area (Å²) in [5.74, 6) is 0. The molecular weight excluding hydrogens is 236 g/mol. The van der Waals surface area contributed by atoms with E-state index in [4.69, 9.17) is 11.6 Å². The molecule has 0 saturated carbocycles. The molecule has 0 aliphatic carbocycles. The summed E-state index contributed by atoms with van der Waals surface area (Å²) in [6.45, 7) is 2.76. The van der Waals surface area contributed by atoms with Crippen LogP contribution >= 0.6 is 11.6 Å². The standard InChI is InChI=1S/C12H15ClN4/c1-9(11-5-3-4-6-12(11)13)14-7-10-8-17(2)16-15-10/h3-6,8-9,14H,7H2,1-2H3/t9-/m1/s1. The van der Waals surface area contributed by atoms with Crippen LogP contribution in [0.4, 0.5) is 0 Å². The number of aryl methyl sites for hydroxylation is 1. The highest BCUT2D eigenvalue weighted by Gasteiger charge is 2.09. The molecule has 0 fully saturated rings. The second-order valence-corrected chi connectivity index (χ2v) is 4.41. The fourth-order valence-electron chi connectivity index (χ4n) is 1.67. The second-order valence-electron chi connectivity index (χ2n) is 4.01. The molecule has 1 N–H and O–H groups in total. The summed E-state index contributed by atoms with van der Waals surface area (Å²) in [4.78, 5) is 0. The Hall–Kier alpha value is -1.39. The fraction of sp³-hybridized carbons (Fsp3) is 0.333. The monoisotopic (exact) mass is 250 g/mol. The van der Waals surface area contributed by atoms with Crippen LogP contribution in [0.15, 0.2) is 30.5 Å². The van der Waals surface area contributed by atoms with Gasteiger partial charge in [0.05, 0.1) is 5.69 Å². The zero-order valence-corrected chi connectivity index (χ0v) is 10.6. The van der Waals surface area contributed by atoms with E-state index in [0.717, 1.165) is 16.3 Å². The molecule has 0 aliphatic rings. The minimum Gasteiger partial charge on any atom is -0.304 e. The van der Waals surface area contributed by atoms with E-state index in [1.165, 1.54) is 0 Å². The molecule has 0 saturated heterocycles. The highest BCUT2D eigenvalue weighted by atomic mass is 35.5. The molecule has 90 valence electrons. The van der Waals surface area contributed by atoms with Crippen molar-refractivity contribution in [1.82, 2.24) is 20.3 Å². The molecule has 0 radical (unpaired) electrons. The molecule has 0 bridgehead atoms. The normalized spacial score (nSPS) is 12.6. The molecule has 4 nitrogen and oxygen atoms in total. The largest absolute Gasteiger partial charge is 0.304 e. The van der Waals surface area contributed by atoms with Gasteiger partial charge in [-0.1, -0.05) is 35.0 Å². The highest BCUT2D eigenvalue weighted by molar-refractivity contribution is 6.31.